The van der Waals surface area contributed by atoms with Crippen LogP contribution in [0.5, 0.6) is 0 Å². The second-order valence-electron chi connectivity index (χ2n) is 2.80. The number of amides is 1. The van der Waals surface area contributed by atoms with Crippen molar-refractivity contribution in [2.45, 2.75) is 13.8 Å². The highest BCUT2D eigenvalue weighted by Crippen LogP contribution is 2.20. The van der Waals surface area contributed by atoms with Crippen LogP contribution in [0.15, 0.2) is 12.1 Å². The van der Waals surface area contributed by atoms with E-state index in [4.69, 9.17) is 17.3 Å². The third-order valence-electron chi connectivity index (χ3n) is 1.68. The van der Waals surface area contributed by atoms with Crippen LogP contribution in [0.25, 0.3) is 0 Å². The third-order valence-corrected chi connectivity index (χ3v) is 1.98. The molecule has 0 aromatic heterocycles. The Bertz CT molecular complexity index is 310. The minimum atomic E-state index is -0.475. The van der Waals surface area contributed by atoms with E-state index in [9.17, 15) is 4.79 Å². The molecule has 0 atom stereocenters. The summed E-state index contributed by atoms with van der Waals surface area (Å²) < 4.78 is 0. The number of carbonyl (C=O) groups is 1. The quantitative estimate of drug-likeness (QED) is 0.712. The molecular weight excluding hydrogens is 174 g/mol. The van der Waals surface area contributed by atoms with Crippen LogP contribution in [0, 0.1) is 13.8 Å². The van der Waals surface area contributed by atoms with E-state index in [0.717, 1.165) is 11.1 Å². The van der Waals surface area contributed by atoms with E-state index in [0.29, 0.717) is 10.6 Å². The van der Waals surface area contributed by atoms with Gasteiger partial charge in [0.2, 0.25) is 5.91 Å². The molecule has 12 heavy (non-hydrogen) atoms. The number of hydrogen-bond donors (Lipinski definition) is 1. The first-order valence-electron chi connectivity index (χ1n) is 3.59. The molecule has 0 saturated heterocycles. The molecule has 64 valence electrons. The van der Waals surface area contributed by atoms with Gasteiger partial charge in [0.1, 0.15) is 0 Å². The number of halogens is 1. The lowest BCUT2D eigenvalue weighted by Gasteiger charge is -2.05. The molecule has 0 heterocycles. The number of rotatable bonds is 1. The highest BCUT2D eigenvalue weighted by Gasteiger charge is 2.09. The standard InChI is InChI=1S/C9H10ClNO/c1-5-3-6(2)8(9(11)12)7(10)4-5/h3-4H,1-2H3,(H2,11,12). The van der Waals surface area contributed by atoms with Crippen molar-refractivity contribution in [3.63, 3.8) is 0 Å². The molecule has 0 aliphatic carbocycles. The first-order valence-corrected chi connectivity index (χ1v) is 3.96. The molecule has 1 aromatic carbocycles. The van der Waals surface area contributed by atoms with Gasteiger partial charge in [0.15, 0.2) is 0 Å². The zero-order valence-corrected chi connectivity index (χ0v) is 7.77. The van der Waals surface area contributed by atoms with Crippen molar-refractivity contribution >= 4 is 17.5 Å². The van der Waals surface area contributed by atoms with Gasteiger partial charge in [0, 0.05) is 0 Å². The average Bonchev–Trinajstić information content (AvgIpc) is 1.82. The summed E-state index contributed by atoms with van der Waals surface area (Å²) in [5, 5.41) is 0.431. The Balaban J connectivity index is 3.38. The zero-order valence-electron chi connectivity index (χ0n) is 7.02. The molecule has 0 fully saturated rings. The lowest BCUT2D eigenvalue weighted by atomic mass is 10.1. The van der Waals surface area contributed by atoms with E-state index in [1.165, 1.54) is 0 Å². The van der Waals surface area contributed by atoms with Crippen molar-refractivity contribution in [3.05, 3.63) is 33.8 Å². The molecule has 0 radical (unpaired) electrons. The van der Waals surface area contributed by atoms with Crippen LogP contribution in [0.1, 0.15) is 21.5 Å². The molecule has 0 bridgehead atoms. The Morgan fingerprint density at radius 2 is 2.00 bits per heavy atom. The van der Waals surface area contributed by atoms with Crippen LogP contribution < -0.4 is 5.73 Å². The summed E-state index contributed by atoms with van der Waals surface area (Å²) in [6.45, 7) is 3.74. The molecule has 0 spiro atoms. The molecule has 0 aliphatic heterocycles. The van der Waals surface area contributed by atoms with Crippen LogP contribution in [0.3, 0.4) is 0 Å². The molecule has 1 aromatic rings. The second kappa shape index (κ2) is 3.15. The van der Waals surface area contributed by atoms with E-state index in [2.05, 4.69) is 0 Å². The van der Waals surface area contributed by atoms with Gasteiger partial charge in [-0.25, -0.2) is 0 Å². The van der Waals surface area contributed by atoms with Gasteiger partial charge in [-0.1, -0.05) is 17.7 Å². The van der Waals surface area contributed by atoms with E-state index in [1.54, 1.807) is 6.07 Å². The monoisotopic (exact) mass is 183 g/mol. The molecule has 2 nitrogen and oxygen atoms in total. The van der Waals surface area contributed by atoms with Crippen molar-refractivity contribution in [2.24, 2.45) is 5.73 Å². The fraction of sp³-hybridized carbons (Fsp3) is 0.222. The average molecular weight is 184 g/mol. The van der Waals surface area contributed by atoms with Crippen molar-refractivity contribution in [1.29, 1.82) is 0 Å². The summed E-state index contributed by atoms with van der Waals surface area (Å²) in [7, 11) is 0. The minimum Gasteiger partial charge on any atom is -0.366 e. The van der Waals surface area contributed by atoms with Crippen LogP contribution in [-0.4, -0.2) is 5.91 Å². The van der Waals surface area contributed by atoms with Crippen LogP contribution >= 0.6 is 11.6 Å². The van der Waals surface area contributed by atoms with Gasteiger partial charge < -0.3 is 5.73 Å². The van der Waals surface area contributed by atoms with Gasteiger partial charge in [0.05, 0.1) is 10.6 Å². The fourth-order valence-electron chi connectivity index (χ4n) is 1.23. The predicted molar refractivity (Wildman–Crippen MR) is 49.4 cm³/mol. The van der Waals surface area contributed by atoms with Gasteiger partial charge in [-0.3, -0.25) is 4.79 Å². The summed E-state index contributed by atoms with van der Waals surface area (Å²) in [6.07, 6.45) is 0. The fourth-order valence-corrected chi connectivity index (χ4v) is 1.64. The second-order valence-corrected chi connectivity index (χ2v) is 3.21. The number of aryl methyl sites for hydroxylation is 2. The van der Waals surface area contributed by atoms with E-state index >= 15 is 0 Å². The summed E-state index contributed by atoms with van der Waals surface area (Å²) in [6, 6.07) is 3.61. The normalized spacial score (nSPS) is 9.92. The Kier molecular flexibility index (Phi) is 2.38. The molecule has 0 aliphatic rings. The highest BCUT2D eigenvalue weighted by atomic mass is 35.5. The van der Waals surface area contributed by atoms with E-state index in [1.807, 2.05) is 19.9 Å². The van der Waals surface area contributed by atoms with Crippen molar-refractivity contribution in [1.82, 2.24) is 0 Å². The van der Waals surface area contributed by atoms with Gasteiger partial charge >= 0.3 is 0 Å². The largest absolute Gasteiger partial charge is 0.366 e. The van der Waals surface area contributed by atoms with Crippen molar-refractivity contribution < 1.29 is 4.79 Å². The lowest BCUT2D eigenvalue weighted by Crippen LogP contribution is -2.13. The maximum Gasteiger partial charge on any atom is 0.250 e. The van der Waals surface area contributed by atoms with E-state index < -0.39 is 5.91 Å². The predicted octanol–water partition coefficient (Wildman–Crippen LogP) is 2.06. The van der Waals surface area contributed by atoms with E-state index in [-0.39, 0.29) is 0 Å². The Morgan fingerprint density at radius 1 is 1.42 bits per heavy atom. The Hall–Kier alpha value is -1.02. The van der Waals surface area contributed by atoms with Gasteiger partial charge in [-0.05, 0) is 31.0 Å². The molecule has 1 rings (SSSR count). The SMILES string of the molecule is Cc1cc(C)c(C(N)=O)c(Cl)c1. The smallest absolute Gasteiger partial charge is 0.250 e. The van der Waals surface area contributed by atoms with Gasteiger partial charge in [-0.15, -0.1) is 0 Å². The maximum absolute atomic E-state index is 10.9. The maximum atomic E-state index is 10.9. The number of benzene rings is 1. The molecular formula is C9H10ClNO. The topological polar surface area (TPSA) is 43.1 Å². The number of hydrogen-bond acceptors (Lipinski definition) is 1. The highest BCUT2D eigenvalue weighted by molar-refractivity contribution is 6.34. The summed E-state index contributed by atoms with van der Waals surface area (Å²) in [5.74, 6) is -0.475. The third kappa shape index (κ3) is 1.59. The molecule has 0 unspecified atom stereocenters. The van der Waals surface area contributed by atoms with Crippen molar-refractivity contribution in [3.8, 4) is 0 Å². The lowest BCUT2D eigenvalue weighted by molar-refractivity contribution is 0.1000. The molecule has 0 saturated carbocycles. The number of primary amides is 1. The number of nitrogens with two attached hydrogens (primary N) is 1. The van der Waals surface area contributed by atoms with Crippen LogP contribution in [0.2, 0.25) is 5.02 Å². The molecule has 2 N–H and O–H groups in total. The van der Waals surface area contributed by atoms with Crippen LogP contribution in [0.4, 0.5) is 0 Å². The van der Waals surface area contributed by atoms with Crippen molar-refractivity contribution in [2.75, 3.05) is 0 Å². The number of carbonyl (C=O) groups excluding carboxylic acids is 1. The van der Waals surface area contributed by atoms with Crippen LogP contribution in [-0.2, 0) is 0 Å². The van der Waals surface area contributed by atoms with Gasteiger partial charge in [0.25, 0.3) is 0 Å². The first kappa shape index (κ1) is 9.07. The zero-order chi connectivity index (χ0) is 9.30. The minimum absolute atomic E-state index is 0.419. The summed E-state index contributed by atoms with van der Waals surface area (Å²) in [4.78, 5) is 10.9. The molecule has 3 heteroatoms. The summed E-state index contributed by atoms with van der Waals surface area (Å²) >= 11 is 5.83. The first-order chi connectivity index (χ1) is 5.52. The molecule has 1 amide bonds. The van der Waals surface area contributed by atoms with Gasteiger partial charge in [-0.2, -0.15) is 0 Å². The Labute approximate surface area is 76.3 Å². The summed E-state index contributed by atoms with van der Waals surface area (Å²) in [5.41, 5.74) is 7.42. The Morgan fingerprint density at radius 3 is 2.42 bits per heavy atom.